The second-order valence-corrected chi connectivity index (χ2v) is 5.18. The molecule has 0 spiro atoms. The van der Waals surface area contributed by atoms with Gasteiger partial charge in [-0.05, 0) is 19.1 Å². The average Bonchev–Trinajstić information content (AvgIpc) is 2.26. The number of benzene rings is 1. The third-order valence-corrected chi connectivity index (χ3v) is 3.17. The molecule has 1 aliphatic heterocycles. The lowest BCUT2D eigenvalue weighted by molar-refractivity contribution is -0.0879. The van der Waals surface area contributed by atoms with E-state index in [0.29, 0.717) is 31.3 Å². The Morgan fingerprint density at radius 1 is 1.33 bits per heavy atom. The van der Waals surface area contributed by atoms with E-state index in [1.165, 1.54) is 0 Å². The molecule has 3 rings (SSSR count). The molecule has 1 fully saturated rings. The molecule has 0 radical (unpaired) electrons. The number of hydrogen-bond acceptors (Lipinski definition) is 5. The van der Waals surface area contributed by atoms with E-state index in [-0.39, 0.29) is 0 Å². The highest BCUT2D eigenvalue weighted by Crippen LogP contribution is 2.23. The molecule has 0 bridgehead atoms. The minimum Gasteiger partial charge on any atom is -0.388 e. The number of nitrogens with zero attached hydrogens (tertiary/aromatic N) is 3. The predicted molar refractivity (Wildman–Crippen MR) is 69.9 cm³/mol. The molecule has 1 saturated heterocycles. The first-order chi connectivity index (χ1) is 8.53. The number of hydrogen-bond donors (Lipinski definition) is 2. The smallest absolute Gasteiger partial charge is 0.145 e. The minimum atomic E-state index is -0.567. The zero-order valence-corrected chi connectivity index (χ0v) is 10.3. The van der Waals surface area contributed by atoms with E-state index in [1.807, 2.05) is 31.2 Å². The highest BCUT2D eigenvalue weighted by atomic mass is 16.3. The summed E-state index contributed by atoms with van der Waals surface area (Å²) >= 11 is 0. The van der Waals surface area contributed by atoms with Crippen molar-refractivity contribution in [3.8, 4) is 0 Å². The molecule has 94 valence electrons. The Hall–Kier alpha value is -1.72. The molecule has 3 N–H and O–H groups in total. The van der Waals surface area contributed by atoms with E-state index in [9.17, 15) is 5.11 Å². The molecule has 5 heteroatoms. The van der Waals surface area contributed by atoms with Gasteiger partial charge in [-0.3, -0.25) is 4.90 Å². The Bertz CT molecular complexity index is 589. The van der Waals surface area contributed by atoms with Crippen molar-refractivity contribution in [3.05, 3.63) is 30.1 Å². The molecular weight excluding hydrogens is 228 g/mol. The summed E-state index contributed by atoms with van der Waals surface area (Å²) in [4.78, 5) is 10.9. The Balaban J connectivity index is 1.85. The van der Waals surface area contributed by atoms with Crippen molar-refractivity contribution in [3.63, 3.8) is 0 Å². The number of aliphatic hydroxyl groups is 1. The highest BCUT2D eigenvalue weighted by molar-refractivity contribution is 5.87. The predicted octanol–water partition coefficient (Wildman–Crippen LogP) is 0.779. The van der Waals surface area contributed by atoms with Crippen LogP contribution in [0.15, 0.2) is 24.3 Å². The fourth-order valence-electron chi connectivity index (χ4n) is 2.45. The molecular formula is C13H16N4O. The monoisotopic (exact) mass is 244 g/mol. The minimum absolute atomic E-state index is 0.517. The van der Waals surface area contributed by atoms with Crippen LogP contribution in [0.1, 0.15) is 12.7 Å². The summed E-state index contributed by atoms with van der Waals surface area (Å²) in [7, 11) is 0. The van der Waals surface area contributed by atoms with E-state index in [1.54, 1.807) is 0 Å². The fraction of sp³-hybridized carbons (Fsp3) is 0.385. The summed E-state index contributed by atoms with van der Waals surface area (Å²) in [5, 5.41) is 10.6. The van der Waals surface area contributed by atoms with Gasteiger partial charge in [0.15, 0.2) is 0 Å². The van der Waals surface area contributed by atoms with Gasteiger partial charge in [0, 0.05) is 18.5 Å². The quantitative estimate of drug-likeness (QED) is 0.816. The number of para-hydroxylation sites is 1. The van der Waals surface area contributed by atoms with Crippen molar-refractivity contribution in [2.24, 2.45) is 0 Å². The summed E-state index contributed by atoms with van der Waals surface area (Å²) in [6.07, 6.45) is 0. The van der Waals surface area contributed by atoms with E-state index in [4.69, 9.17) is 5.73 Å². The van der Waals surface area contributed by atoms with Gasteiger partial charge in [0.2, 0.25) is 0 Å². The van der Waals surface area contributed by atoms with Crippen molar-refractivity contribution >= 4 is 16.7 Å². The second kappa shape index (κ2) is 3.90. The summed E-state index contributed by atoms with van der Waals surface area (Å²) in [6, 6.07) is 7.72. The molecule has 0 saturated carbocycles. The van der Waals surface area contributed by atoms with E-state index >= 15 is 0 Å². The third-order valence-electron chi connectivity index (χ3n) is 3.17. The molecule has 0 amide bonds. The number of nitrogen functional groups attached to an aromatic ring is 1. The molecule has 2 heterocycles. The van der Waals surface area contributed by atoms with E-state index in [0.717, 1.165) is 10.9 Å². The Morgan fingerprint density at radius 3 is 2.78 bits per heavy atom. The molecule has 1 aliphatic rings. The third kappa shape index (κ3) is 2.02. The van der Waals surface area contributed by atoms with Crippen LogP contribution >= 0.6 is 0 Å². The lowest BCUT2D eigenvalue weighted by Crippen LogP contribution is -2.59. The van der Waals surface area contributed by atoms with Gasteiger partial charge in [-0.25, -0.2) is 9.97 Å². The van der Waals surface area contributed by atoms with Crippen molar-refractivity contribution in [2.75, 3.05) is 18.8 Å². The van der Waals surface area contributed by atoms with Crippen LogP contribution in [0.4, 0.5) is 5.82 Å². The standard InChI is InChI=1S/C13H16N4O/c1-13(18)7-17(8-13)6-11-15-10-5-3-2-4-9(10)12(14)16-11/h2-5,18H,6-8H2,1H3,(H2,14,15,16). The molecule has 2 aromatic rings. The molecule has 0 unspecified atom stereocenters. The molecule has 0 aliphatic carbocycles. The number of fused-ring (bicyclic) bond motifs is 1. The van der Waals surface area contributed by atoms with Crippen LogP contribution in [-0.4, -0.2) is 38.7 Å². The molecule has 1 aromatic carbocycles. The first-order valence-corrected chi connectivity index (χ1v) is 5.99. The maximum atomic E-state index is 9.68. The molecule has 1 aromatic heterocycles. The molecule has 0 atom stereocenters. The Kier molecular flexibility index (Phi) is 2.46. The first kappa shape index (κ1) is 11.4. The van der Waals surface area contributed by atoms with Crippen LogP contribution in [0, 0.1) is 0 Å². The van der Waals surface area contributed by atoms with Crippen LogP contribution in [0.5, 0.6) is 0 Å². The first-order valence-electron chi connectivity index (χ1n) is 5.99. The number of likely N-dealkylation sites (tertiary alicyclic amines) is 1. The number of anilines is 1. The van der Waals surface area contributed by atoms with Gasteiger partial charge in [-0.15, -0.1) is 0 Å². The van der Waals surface area contributed by atoms with Crippen LogP contribution in [0.3, 0.4) is 0 Å². The topological polar surface area (TPSA) is 75.3 Å². The van der Waals surface area contributed by atoms with Gasteiger partial charge in [0.05, 0.1) is 17.7 Å². The summed E-state index contributed by atoms with van der Waals surface area (Å²) in [6.45, 7) is 3.77. The van der Waals surface area contributed by atoms with Crippen LogP contribution in [0.2, 0.25) is 0 Å². The van der Waals surface area contributed by atoms with Gasteiger partial charge >= 0.3 is 0 Å². The van der Waals surface area contributed by atoms with Crippen LogP contribution < -0.4 is 5.73 Å². The fourth-order valence-corrected chi connectivity index (χ4v) is 2.45. The zero-order valence-electron chi connectivity index (χ0n) is 10.3. The van der Waals surface area contributed by atoms with E-state index < -0.39 is 5.60 Å². The average molecular weight is 244 g/mol. The van der Waals surface area contributed by atoms with Crippen molar-refractivity contribution in [1.29, 1.82) is 0 Å². The van der Waals surface area contributed by atoms with Gasteiger partial charge in [-0.1, -0.05) is 12.1 Å². The number of rotatable bonds is 2. The molecule has 5 nitrogen and oxygen atoms in total. The summed E-state index contributed by atoms with van der Waals surface area (Å²) in [5.41, 5.74) is 6.23. The van der Waals surface area contributed by atoms with Gasteiger partial charge in [0.1, 0.15) is 11.6 Å². The SMILES string of the molecule is CC1(O)CN(Cc2nc(N)c3ccccc3n2)C1. The Morgan fingerprint density at radius 2 is 2.06 bits per heavy atom. The summed E-state index contributed by atoms with van der Waals surface area (Å²) < 4.78 is 0. The maximum absolute atomic E-state index is 9.68. The van der Waals surface area contributed by atoms with Crippen molar-refractivity contribution in [1.82, 2.24) is 14.9 Å². The van der Waals surface area contributed by atoms with Gasteiger partial charge in [0.25, 0.3) is 0 Å². The van der Waals surface area contributed by atoms with Crippen LogP contribution in [0.25, 0.3) is 10.9 Å². The van der Waals surface area contributed by atoms with Gasteiger partial charge in [-0.2, -0.15) is 0 Å². The normalized spacial score (nSPS) is 18.8. The Labute approximate surface area is 105 Å². The lowest BCUT2D eigenvalue weighted by atomic mass is 9.97. The van der Waals surface area contributed by atoms with Crippen LogP contribution in [-0.2, 0) is 6.54 Å². The zero-order chi connectivity index (χ0) is 12.8. The summed E-state index contributed by atoms with van der Waals surface area (Å²) in [5.74, 6) is 1.23. The lowest BCUT2D eigenvalue weighted by Gasteiger charge is -2.43. The highest BCUT2D eigenvalue weighted by Gasteiger charge is 2.36. The number of β-amino-alcohol motifs (C(OH)–C–C–N with tert-alkyl or cyclic N) is 1. The van der Waals surface area contributed by atoms with E-state index in [2.05, 4.69) is 14.9 Å². The van der Waals surface area contributed by atoms with Gasteiger partial charge < -0.3 is 10.8 Å². The number of nitrogens with two attached hydrogens (primary N) is 1. The van der Waals surface area contributed by atoms with Crippen molar-refractivity contribution < 1.29 is 5.11 Å². The number of aromatic nitrogens is 2. The largest absolute Gasteiger partial charge is 0.388 e. The van der Waals surface area contributed by atoms with Crippen molar-refractivity contribution in [2.45, 2.75) is 19.1 Å². The molecule has 18 heavy (non-hydrogen) atoms. The second-order valence-electron chi connectivity index (χ2n) is 5.18. The maximum Gasteiger partial charge on any atom is 0.145 e.